The van der Waals surface area contributed by atoms with Crippen LogP contribution >= 0.6 is 0 Å². The zero-order valence-corrected chi connectivity index (χ0v) is 18.4. The fraction of sp³-hybridized carbons (Fsp3) is 0.321. The molecule has 1 atom stereocenters. The molecule has 4 nitrogen and oxygen atoms in total. The number of carbonyl (C=O) groups is 1. The Balaban J connectivity index is 1.28. The second-order valence-corrected chi connectivity index (χ2v) is 8.61. The smallest absolute Gasteiger partial charge is 0.222 e. The summed E-state index contributed by atoms with van der Waals surface area (Å²) in [4.78, 5) is 15.2. The molecule has 32 heavy (non-hydrogen) atoms. The van der Waals surface area contributed by atoms with Crippen LogP contribution in [0.4, 0.5) is 0 Å². The van der Waals surface area contributed by atoms with Gasteiger partial charge < -0.3 is 15.3 Å². The largest absolute Gasteiger partial charge is 0.388 e. The third-order valence-corrected chi connectivity index (χ3v) is 6.45. The molecule has 1 aliphatic rings. The standard InChI is InChI=1S/C28H32N2O2/c31-26(29-27(22-10-4-1-5-11-22)23-12-6-2-7-13-23)18-21-30-19-16-25(17-20-30)28(32)24-14-8-3-9-15-24/h1-15,25,27-28,32H,16-21H2,(H,29,31). The first kappa shape index (κ1) is 22.3. The van der Waals surface area contributed by atoms with Crippen molar-refractivity contribution in [3.63, 3.8) is 0 Å². The van der Waals surface area contributed by atoms with E-state index in [2.05, 4.69) is 34.5 Å². The Morgan fingerprint density at radius 3 is 1.78 bits per heavy atom. The van der Waals surface area contributed by atoms with Crippen LogP contribution in [0.3, 0.4) is 0 Å². The van der Waals surface area contributed by atoms with Crippen molar-refractivity contribution in [2.45, 2.75) is 31.4 Å². The van der Waals surface area contributed by atoms with Gasteiger partial charge in [0.25, 0.3) is 0 Å². The van der Waals surface area contributed by atoms with Crippen LogP contribution in [0.15, 0.2) is 91.0 Å². The van der Waals surface area contributed by atoms with Crippen LogP contribution in [-0.4, -0.2) is 35.5 Å². The van der Waals surface area contributed by atoms with E-state index < -0.39 is 6.10 Å². The molecule has 1 heterocycles. The summed E-state index contributed by atoms with van der Waals surface area (Å²) < 4.78 is 0. The summed E-state index contributed by atoms with van der Waals surface area (Å²) >= 11 is 0. The summed E-state index contributed by atoms with van der Waals surface area (Å²) in [6, 6.07) is 30.0. The molecule has 0 saturated carbocycles. The number of nitrogens with zero attached hydrogens (tertiary/aromatic N) is 1. The van der Waals surface area contributed by atoms with E-state index in [4.69, 9.17) is 0 Å². The third-order valence-electron chi connectivity index (χ3n) is 6.45. The van der Waals surface area contributed by atoms with Crippen molar-refractivity contribution in [1.29, 1.82) is 0 Å². The number of aliphatic hydroxyl groups excluding tert-OH is 1. The normalized spacial score (nSPS) is 16.1. The molecule has 4 heteroatoms. The lowest BCUT2D eigenvalue weighted by Crippen LogP contribution is -2.38. The molecule has 0 aliphatic carbocycles. The van der Waals surface area contributed by atoms with Gasteiger partial charge >= 0.3 is 0 Å². The van der Waals surface area contributed by atoms with Crippen molar-refractivity contribution in [2.24, 2.45) is 5.92 Å². The van der Waals surface area contributed by atoms with Crippen molar-refractivity contribution in [2.75, 3.05) is 19.6 Å². The maximum Gasteiger partial charge on any atom is 0.222 e. The number of rotatable bonds is 8. The van der Waals surface area contributed by atoms with Gasteiger partial charge in [-0.15, -0.1) is 0 Å². The zero-order chi connectivity index (χ0) is 22.2. The summed E-state index contributed by atoms with van der Waals surface area (Å²) in [7, 11) is 0. The molecule has 4 rings (SSSR count). The Morgan fingerprint density at radius 1 is 0.812 bits per heavy atom. The Morgan fingerprint density at radius 2 is 1.28 bits per heavy atom. The molecular formula is C28H32N2O2. The van der Waals surface area contributed by atoms with E-state index in [-0.39, 0.29) is 17.9 Å². The predicted octanol–water partition coefficient (Wildman–Crippen LogP) is 4.73. The topological polar surface area (TPSA) is 52.6 Å². The van der Waals surface area contributed by atoms with E-state index >= 15 is 0 Å². The van der Waals surface area contributed by atoms with Gasteiger partial charge in [0.1, 0.15) is 0 Å². The Hall–Kier alpha value is -2.95. The number of hydrogen-bond acceptors (Lipinski definition) is 3. The molecule has 0 radical (unpaired) electrons. The average Bonchev–Trinajstić information content (AvgIpc) is 2.87. The molecular weight excluding hydrogens is 396 g/mol. The van der Waals surface area contributed by atoms with E-state index in [1.54, 1.807) is 0 Å². The van der Waals surface area contributed by atoms with Crippen LogP contribution in [0.5, 0.6) is 0 Å². The van der Waals surface area contributed by atoms with Crippen molar-refractivity contribution < 1.29 is 9.90 Å². The van der Waals surface area contributed by atoms with E-state index in [9.17, 15) is 9.90 Å². The van der Waals surface area contributed by atoms with Crippen molar-refractivity contribution in [3.05, 3.63) is 108 Å². The molecule has 1 aliphatic heterocycles. The average molecular weight is 429 g/mol. The van der Waals surface area contributed by atoms with E-state index in [1.807, 2.05) is 66.7 Å². The minimum Gasteiger partial charge on any atom is -0.388 e. The van der Waals surface area contributed by atoms with Crippen LogP contribution in [0.25, 0.3) is 0 Å². The monoisotopic (exact) mass is 428 g/mol. The van der Waals surface area contributed by atoms with E-state index in [0.29, 0.717) is 6.42 Å². The number of hydrogen-bond donors (Lipinski definition) is 2. The van der Waals surface area contributed by atoms with Crippen molar-refractivity contribution >= 4 is 5.91 Å². The lowest BCUT2D eigenvalue weighted by atomic mass is 9.87. The van der Waals surface area contributed by atoms with E-state index in [1.165, 1.54) is 0 Å². The van der Waals surface area contributed by atoms with Gasteiger partial charge in [-0.25, -0.2) is 0 Å². The molecule has 1 fully saturated rings. The highest BCUT2D eigenvalue weighted by Crippen LogP contribution is 2.30. The molecule has 0 bridgehead atoms. The predicted molar refractivity (Wildman–Crippen MR) is 128 cm³/mol. The number of likely N-dealkylation sites (tertiary alicyclic amines) is 1. The maximum atomic E-state index is 12.8. The second-order valence-electron chi connectivity index (χ2n) is 8.61. The van der Waals surface area contributed by atoms with Crippen molar-refractivity contribution in [1.82, 2.24) is 10.2 Å². The lowest BCUT2D eigenvalue weighted by molar-refractivity contribution is -0.122. The molecule has 0 spiro atoms. The SMILES string of the molecule is O=C(CCN1CCC(C(O)c2ccccc2)CC1)NC(c1ccccc1)c1ccccc1. The van der Waals surface area contributed by atoms with Crippen molar-refractivity contribution in [3.8, 4) is 0 Å². The molecule has 1 unspecified atom stereocenters. The first-order chi connectivity index (χ1) is 15.7. The van der Waals surface area contributed by atoms with Gasteiger partial charge in [-0.05, 0) is 48.5 Å². The number of piperidine rings is 1. The van der Waals surface area contributed by atoms with Crippen LogP contribution in [0.2, 0.25) is 0 Å². The number of nitrogens with one attached hydrogen (secondary N) is 1. The van der Waals surface area contributed by atoms with Gasteiger partial charge in [0, 0.05) is 13.0 Å². The van der Waals surface area contributed by atoms with Gasteiger partial charge in [0.15, 0.2) is 0 Å². The van der Waals surface area contributed by atoms with Crippen LogP contribution < -0.4 is 5.32 Å². The molecule has 0 aromatic heterocycles. The fourth-order valence-electron chi connectivity index (χ4n) is 4.56. The minimum absolute atomic E-state index is 0.0640. The van der Waals surface area contributed by atoms with Gasteiger partial charge in [-0.1, -0.05) is 91.0 Å². The summed E-state index contributed by atoms with van der Waals surface area (Å²) in [5, 5.41) is 13.9. The van der Waals surface area contributed by atoms with Crippen LogP contribution in [-0.2, 0) is 4.79 Å². The third kappa shape index (κ3) is 5.84. The summed E-state index contributed by atoms with van der Waals surface area (Å²) in [6.07, 6.45) is 1.98. The Bertz CT molecular complexity index is 915. The molecule has 3 aromatic rings. The van der Waals surface area contributed by atoms with Gasteiger partial charge in [0.05, 0.1) is 12.1 Å². The minimum atomic E-state index is -0.404. The second kappa shape index (κ2) is 11.1. The lowest BCUT2D eigenvalue weighted by Gasteiger charge is -2.34. The quantitative estimate of drug-likeness (QED) is 0.545. The highest BCUT2D eigenvalue weighted by Gasteiger charge is 2.26. The first-order valence-electron chi connectivity index (χ1n) is 11.6. The highest BCUT2D eigenvalue weighted by molar-refractivity contribution is 5.77. The number of benzene rings is 3. The van der Waals surface area contributed by atoms with Crippen LogP contribution in [0.1, 0.15) is 48.1 Å². The van der Waals surface area contributed by atoms with Gasteiger partial charge in [-0.3, -0.25) is 4.79 Å². The zero-order valence-electron chi connectivity index (χ0n) is 18.4. The molecule has 166 valence electrons. The van der Waals surface area contributed by atoms with Gasteiger partial charge in [0.2, 0.25) is 5.91 Å². The highest BCUT2D eigenvalue weighted by atomic mass is 16.3. The molecule has 1 saturated heterocycles. The molecule has 1 amide bonds. The first-order valence-corrected chi connectivity index (χ1v) is 11.6. The van der Waals surface area contributed by atoms with Crippen LogP contribution in [0, 0.1) is 5.92 Å². The summed E-state index contributed by atoms with van der Waals surface area (Å²) in [5.41, 5.74) is 3.17. The Labute approximate surface area is 190 Å². The molecule has 2 N–H and O–H groups in total. The molecule has 3 aromatic carbocycles. The van der Waals surface area contributed by atoms with E-state index in [0.717, 1.165) is 49.2 Å². The number of aliphatic hydroxyl groups is 1. The summed E-state index contributed by atoms with van der Waals surface area (Å²) in [5.74, 6) is 0.345. The van der Waals surface area contributed by atoms with Gasteiger partial charge in [-0.2, -0.15) is 0 Å². The Kier molecular flexibility index (Phi) is 7.70. The maximum absolute atomic E-state index is 12.8. The number of carbonyl (C=O) groups excluding carboxylic acids is 1. The number of amides is 1. The fourth-order valence-corrected chi connectivity index (χ4v) is 4.56. The summed E-state index contributed by atoms with van der Waals surface area (Å²) in [6.45, 7) is 2.58.